The normalized spacial score (nSPS) is 10.5. The summed E-state index contributed by atoms with van der Waals surface area (Å²) in [5, 5.41) is 8.82. The van der Waals surface area contributed by atoms with E-state index in [1.54, 1.807) is 0 Å². The molecule has 1 heterocycles. The van der Waals surface area contributed by atoms with Crippen molar-refractivity contribution in [1.82, 2.24) is 15.0 Å². The van der Waals surface area contributed by atoms with Gasteiger partial charge in [0.05, 0.1) is 12.2 Å². The Bertz CT molecular complexity index is 451. The Morgan fingerprint density at radius 1 is 1.40 bits per heavy atom. The van der Waals surface area contributed by atoms with Crippen LogP contribution in [0.5, 0.6) is 0 Å². The summed E-state index contributed by atoms with van der Waals surface area (Å²) in [6, 6.07) is 8.42. The Labute approximate surface area is 97.2 Å². The molecule has 0 saturated carbocycles. The standard InChI is InChI=1S/C11H12BrN3/c1-9-3-2-4-10(5-9)7-15-8-11(6-12)13-14-15/h2-5,8H,6-7H2,1H3. The lowest BCUT2D eigenvalue weighted by atomic mass is 10.1. The lowest BCUT2D eigenvalue weighted by molar-refractivity contribution is 0.649. The highest BCUT2D eigenvalue weighted by molar-refractivity contribution is 9.08. The Hall–Kier alpha value is -1.16. The van der Waals surface area contributed by atoms with Crippen LogP contribution in [-0.4, -0.2) is 15.0 Å². The van der Waals surface area contributed by atoms with Crippen LogP contribution in [-0.2, 0) is 11.9 Å². The molecular weight excluding hydrogens is 254 g/mol. The second-order valence-corrected chi connectivity index (χ2v) is 4.09. The Morgan fingerprint density at radius 3 is 2.93 bits per heavy atom. The third-order valence-corrected chi connectivity index (χ3v) is 2.72. The van der Waals surface area contributed by atoms with E-state index in [-0.39, 0.29) is 0 Å². The average molecular weight is 266 g/mol. The first-order chi connectivity index (χ1) is 7.28. The third-order valence-electron chi connectivity index (χ3n) is 2.15. The van der Waals surface area contributed by atoms with Crippen LogP contribution >= 0.6 is 15.9 Å². The molecule has 0 aliphatic carbocycles. The van der Waals surface area contributed by atoms with Crippen LogP contribution in [0.2, 0.25) is 0 Å². The lowest BCUT2D eigenvalue weighted by Gasteiger charge is -2.01. The number of alkyl halides is 1. The van der Waals surface area contributed by atoms with Crippen molar-refractivity contribution in [2.75, 3.05) is 0 Å². The molecule has 0 bridgehead atoms. The molecule has 0 amide bonds. The van der Waals surface area contributed by atoms with Crippen molar-refractivity contribution in [3.8, 4) is 0 Å². The first-order valence-corrected chi connectivity index (χ1v) is 5.90. The Balaban J connectivity index is 2.14. The summed E-state index contributed by atoms with van der Waals surface area (Å²) >= 11 is 3.35. The van der Waals surface area contributed by atoms with Gasteiger partial charge in [-0.25, -0.2) is 4.68 Å². The van der Waals surface area contributed by atoms with Crippen LogP contribution in [0, 0.1) is 6.92 Å². The molecule has 1 aromatic heterocycles. The van der Waals surface area contributed by atoms with Gasteiger partial charge in [0, 0.05) is 11.5 Å². The molecule has 0 N–H and O–H groups in total. The first kappa shape index (κ1) is 10.4. The van der Waals surface area contributed by atoms with Crippen LogP contribution in [0.15, 0.2) is 30.5 Å². The number of nitrogens with zero attached hydrogens (tertiary/aromatic N) is 3. The molecule has 0 atom stereocenters. The van der Waals surface area contributed by atoms with Gasteiger partial charge in [-0.3, -0.25) is 0 Å². The van der Waals surface area contributed by atoms with E-state index in [2.05, 4.69) is 57.4 Å². The van der Waals surface area contributed by atoms with Crippen molar-refractivity contribution >= 4 is 15.9 Å². The summed E-state index contributed by atoms with van der Waals surface area (Å²) in [6.07, 6.45) is 1.96. The van der Waals surface area contributed by atoms with Crippen molar-refractivity contribution in [2.45, 2.75) is 18.8 Å². The number of rotatable bonds is 3. The molecule has 0 fully saturated rings. The van der Waals surface area contributed by atoms with Crippen molar-refractivity contribution in [3.63, 3.8) is 0 Å². The molecule has 0 unspecified atom stereocenters. The SMILES string of the molecule is Cc1cccc(Cn2cc(CBr)nn2)c1. The van der Waals surface area contributed by atoms with Crippen LogP contribution in [0.1, 0.15) is 16.8 Å². The molecule has 3 nitrogen and oxygen atoms in total. The van der Waals surface area contributed by atoms with Gasteiger partial charge in [-0.2, -0.15) is 0 Å². The average Bonchev–Trinajstić information content (AvgIpc) is 2.65. The topological polar surface area (TPSA) is 30.7 Å². The summed E-state index contributed by atoms with van der Waals surface area (Å²) in [5.74, 6) is 0. The van der Waals surface area contributed by atoms with Gasteiger partial charge in [0.25, 0.3) is 0 Å². The molecule has 0 aliphatic heterocycles. The Kier molecular flexibility index (Phi) is 3.16. The molecule has 0 radical (unpaired) electrons. The number of aryl methyl sites for hydroxylation is 1. The zero-order valence-electron chi connectivity index (χ0n) is 8.52. The van der Waals surface area contributed by atoms with Crippen molar-refractivity contribution in [1.29, 1.82) is 0 Å². The molecule has 2 aromatic rings. The van der Waals surface area contributed by atoms with Gasteiger partial charge in [0.2, 0.25) is 0 Å². The molecule has 0 saturated heterocycles. The number of halogens is 1. The Morgan fingerprint density at radius 2 is 2.27 bits per heavy atom. The van der Waals surface area contributed by atoms with E-state index in [4.69, 9.17) is 0 Å². The fraction of sp³-hybridized carbons (Fsp3) is 0.273. The second kappa shape index (κ2) is 4.57. The van der Waals surface area contributed by atoms with Gasteiger partial charge in [0.15, 0.2) is 0 Å². The van der Waals surface area contributed by atoms with Crippen molar-refractivity contribution in [3.05, 3.63) is 47.3 Å². The highest BCUT2D eigenvalue weighted by Crippen LogP contribution is 2.06. The number of benzene rings is 1. The van der Waals surface area contributed by atoms with Gasteiger partial charge in [-0.15, -0.1) is 5.10 Å². The number of hydrogen-bond donors (Lipinski definition) is 0. The minimum atomic E-state index is 0.751. The summed E-state index contributed by atoms with van der Waals surface area (Å²) in [5.41, 5.74) is 3.48. The molecule has 4 heteroatoms. The molecule has 0 spiro atoms. The zero-order valence-corrected chi connectivity index (χ0v) is 10.1. The largest absolute Gasteiger partial charge is 0.248 e. The van der Waals surface area contributed by atoms with Gasteiger partial charge in [-0.1, -0.05) is 51.0 Å². The van der Waals surface area contributed by atoms with Gasteiger partial charge < -0.3 is 0 Å². The maximum atomic E-state index is 4.05. The van der Waals surface area contributed by atoms with E-state index < -0.39 is 0 Å². The summed E-state index contributed by atoms with van der Waals surface area (Å²) in [6.45, 7) is 2.87. The summed E-state index contributed by atoms with van der Waals surface area (Å²) < 4.78 is 1.85. The van der Waals surface area contributed by atoms with Gasteiger partial charge in [-0.05, 0) is 12.5 Å². The number of hydrogen-bond acceptors (Lipinski definition) is 2. The summed E-state index contributed by atoms with van der Waals surface area (Å²) in [4.78, 5) is 0. The smallest absolute Gasteiger partial charge is 0.0932 e. The van der Waals surface area contributed by atoms with E-state index in [9.17, 15) is 0 Å². The van der Waals surface area contributed by atoms with Crippen LogP contribution in [0.25, 0.3) is 0 Å². The molecule has 2 rings (SSSR count). The fourth-order valence-corrected chi connectivity index (χ4v) is 1.73. The molecular formula is C11H12BrN3. The zero-order chi connectivity index (χ0) is 10.7. The van der Waals surface area contributed by atoms with Crippen LogP contribution < -0.4 is 0 Å². The minimum Gasteiger partial charge on any atom is -0.248 e. The van der Waals surface area contributed by atoms with Crippen molar-refractivity contribution in [2.24, 2.45) is 0 Å². The molecule has 15 heavy (non-hydrogen) atoms. The quantitative estimate of drug-likeness (QED) is 0.799. The highest BCUT2D eigenvalue weighted by Gasteiger charge is 1.99. The van der Waals surface area contributed by atoms with E-state index in [1.165, 1.54) is 11.1 Å². The fourth-order valence-electron chi connectivity index (χ4n) is 1.47. The summed E-state index contributed by atoms with van der Waals surface area (Å²) in [7, 11) is 0. The first-order valence-electron chi connectivity index (χ1n) is 4.78. The molecule has 0 aliphatic rings. The lowest BCUT2D eigenvalue weighted by Crippen LogP contribution is -2.00. The van der Waals surface area contributed by atoms with E-state index in [0.29, 0.717) is 0 Å². The van der Waals surface area contributed by atoms with E-state index in [1.807, 2.05) is 10.9 Å². The van der Waals surface area contributed by atoms with Crippen molar-refractivity contribution < 1.29 is 0 Å². The van der Waals surface area contributed by atoms with E-state index in [0.717, 1.165) is 17.6 Å². The number of aromatic nitrogens is 3. The predicted octanol–water partition coefficient (Wildman–Crippen LogP) is 2.53. The predicted molar refractivity (Wildman–Crippen MR) is 62.9 cm³/mol. The second-order valence-electron chi connectivity index (χ2n) is 3.53. The van der Waals surface area contributed by atoms with Gasteiger partial charge in [0.1, 0.15) is 0 Å². The molecule has 78 valence electrons. The highest BCUT2D eigenvalue weighted by atomic mass is 79.9. The minimum absolute atomic E-state index is 0.751. The van der Waals surface area contributed by atoms with Gasteiger partial charge >= 0.3 is 0 Å². The maximum absolute atomic E-state index is 4.05. The van der Waals surface area contributed by atoms with E-state index >= 15 is 0 Å². The molecule has 1 aromatic carbocycles. The third kappa shape index (κ3) is 2.65. The monoisotopic (exact) mass is 265 g/mol. The van der Waals surface area contributed by atoms with Crippen LogP contribution in [0.3, 0.4) is 0 Å². The van der Waals surface area contributed by atoms with Crippen LogP contribution in [0.4, 0.5) is 0 Å². The maximum Gasteiger partial charge on any atom is 0.0932 e.